The van der Waals surface area contributed by atoms with Gasteiger partial charge >= 0.3 is 6.18 Å². The van der Waals surface area contributed by atoms with E-state index in [0.29, 0.717) is 10.7 Å². The van der Waals surface area contributed by atoms with Gasteiger partial charge < -0.3 is 10.6 Å². The maximum Gasteiger partial charge on any atom is 0.434 e. The van der Waals surface area contributed by atoms with Crippen LogP contribution < -0.4 is 10.6 Å². The Morgan fingerprint density at radius 1 is 1.28 bits per heavy atom. The third-order valence-electron chi connectivity index (χ3n) is 2.88. The number of ketones is 1. The number of aromatic nitrogens is 2. The Morgan fingerprint density at radius 2 is 2.00 bits per heavy atom. The van der Waals surface area contributed by atoms with Gasteiger partial charge in [-0.05, 0) is 25.1 Å². The summed E-state index contributed by atoms with van der Waals surface area (Å²) in [4.78, 5) is 29.8. The van der Waals surface area contributed by atoms with Crippen LogP contribution in [-0.2, 0) is 11.0 Å². The highest BCUT2D eigenvalue weighted by atomic mass is 35.5. The Labute approximate surface area is 145 Å². The zero-order chi connectivity index (χ0) is 18.6. The second-order valence-electron chi connectivity index (χ2n) is 4.97. The molecular weight excluding hydrogens is 361 g/mol. The van der Waals surface area contributed by atoms with E-state index in [1.54, 1.807) is 18.2 Å². The minimum atomic E-state index is -4.88. The summed E-state index contributed by atoms with van der Waals surface area (Å²) < 4.78 is 39.6. The number of hydrogen-bond donors (Lipinski definition) is 2. The van der Waals surface area contributed by atoms with Crippen molar-refractivity contribution in [2.45, 2.75) is 13.1 Å². The Hall–Kier alpha value is -2.68. The third-order valence-corrected chi connectivity index (χ3v) is 3.12. The molecule has 10 heteroatoms. The van der Waals surface area contributed by atoms with Crippen LogP contribution in [0, 0.1) is 0 Å². The molecule has 1 heterocycles. The number of rotatable bonds is 5. The minimum absolute atomic E-state index is 0.349. The smallest absolute Gasteiger partial charge is 0.345 e. The van der Waals surface area contributed by atoms with Crippen molar-refractivity contribution in [3.05, 3.63) is 46.7 Å². The molecule has 0 fully saturated rings. The molecule has 0 radical (unpaired) electrons. The van der Waals surface area contributed by atoms with Crippen molar-refractivity contribution in [3.8, 4) is 0 Å². The van der Waals surface area contributed by atoms with Crippen molar-refractivity contribution in [2.75, 3.05) is 11.9 Å². The van der Waals surface area contributed by atoms with Crippen molar-refractivity contribution < 1.29 is 22.8 Å². The molecule has 0 aliphatic carbocycles. The van der Waals surface area contributed by atoms with E-state index in [1.165, 1.54) is 13.0 Å². The summed E-state index contributed by atoms with van der Waals surface area (Å²) in [7, 11) is 0. The molecule has 0 spiro atoms. The number of alkyl halides is 3. The van der Waals surface area contributed by atoms with Gasteiger partial charge in [0.2, 0.25) is 5.95 Å². The third kappa shape index (κ3) is 5.15. The van der Waals surface area contributed by atoms with Crippen LogP contribution >= 0.6 is 11.6 Å². The van der Waals surface area contributed by atoms with Crippen LogP contribution in [0.4, 0.5) is 24.8 Å². The van der Waals surface area contributed by atoms with Crippen molar-refractivity contribution in [2.24, 2.45) is 0 Å². The number of benzene rings is 1. The molecule has 6 nitrogen and oxygen atoms in total. The zero-order valence-electron chi connectivity index (χ0n) is 12.8. The first-order valence-electron chi connectivity index (χ1n) is 6.91. The maximum absolute atomic E-state index is 13.2. The number of hydrogen-bond acceptors (Lipinski definition) is 5. The van der Waals surface area contributed by atoms with Crippen LogP contribution in [0.5, 0.6) is 0 Å². The SMILES string of the molecule is CC(=O)CNC(=O)c1cnc(Nc2cccc(Cl)c2)nc1C(F)(F)F. The van der Waals surface area contributed by atoms with Gasteiger partial charge in [0.25, 0.3) is 5.91 Å². The molecule has 132 valence electrons. The second-order valence-corrected chi connectivity index (χ2v) is 5.41. The topological polar surface area (TPSA) is 84.0 Å². The van der Waals surface area contributed by atoms with E-state index < -0.39 is 35.7 Å². The van der Waals surface area contributed by atoms with Crippen LogP contribution in [0.3, 0.4) is 0 Å². The first-order valence-corrected chi connectivity index (χ1v) is 7.29. The average Bonchev–Trinajstić information content (AvgIpc) is 2.51. The monoisotopic (exact) mass is 372 g/mol. The summed E-state index contributed by atoms with van der Waals surface area (Å²) in [5.74, 6) is -1.84. The van der Waals surface area contributed by atoms with Gasteiger partial charge in [0.15, 0.2) is 5.69 Å². The van der Waals surface area contributed by atoms with Gasteiger partial charge in [-0.2, -0.15) is 13.2 Å². The van der Waals surface area contributed by atoms with Crippen molar-refractivity contribution in [1.29, 1.82) is 0 Å². The van der Waals surface area contributed by atoms with Gasteiger partial charge in [-0.15, -0.1) is 0 Å². The number of nitrogens with zero attached hydrogens (tertiary/aromatic N) is 2. The summed E-state index contributed by atoms with van der Waals surface area (Å²) in [6.07, 6.45) is -4.13. The first-order chi connectivity index (χ1) is 11.7. The number of nitrogens with one attached hydrogen (secondary N) is 2. The average molecular weight is 373 g/mol. The summed E-state index contributed by atoms with van der Waals surface area (Å²) in [6.45, 7) is 0.804. The van der Waals surface area contributed by atoms with E-state index in [4.69, 9.17) is 11.6 Å². The molecule has 1 aromatic carbocycles. The van der Waals surface area contributed by atoms with Crippen molar-refractivity contribution >= 4 is 34.9 Å². The molecule has 2 aromatic rings. The second kappa shape index (κ2) is 7.47. The highest BCUT2D eigenvalue weighted by Gasteiger charge is 2.38. The molecule has 1 aromatic heterocycles. The standard InChI is InChI=1S/C15H12ClF3N4O2/c1-8(24)6-20-13(25)11-7-21-14(23-12(11)15(17,18)19)22-10-4-2-3-9(16)5-10/h2-5,7H,6H2,1H3,(H,20,25)(H,21,22,23). The number of anilines is 2. The van der Waals surface area contributed by atoms with Crippen LogP contribution in [0.2, 0.25) is 5.02 Å². The fraction of sp³-hybridized carbons (Fsp3) is 0.200. The fourth-order valence-corrected chi connectivity index (χ4v) is 2.01. The van der Waals surface area contributed by atoms with Gasteiger partial charge in [0.05, 0.1) is 12.1 Å². The molecule has 0 aliphatic rings. The lowest BCUT2D eigenvalue weighted by atomic mass is 10.2. The zero-order valence-corrected chi connectivity index (χ0v) is 13.6. The van der Waals surface area contributed by atoms with Crippen molar-refractivity contribution in [1.82, 2.24) is 15.3 Å². The first kappa shape index (κ1) is 18.7. The molecule has 2 rings (SSSR count). The normalized spacial score (nSPS) is 11.1. The summed E-state index contributed by atoms with van der Waals surface area (Å²) >= 11 is 5.80. The predicted octanol–water partition coefficient (Wildman–Crippen LogP) is 3.21. The molecule has 0 bridgehead atoms. The van der Waals surface area contributed by atoms with E-state index in [-0.39, 0.29) is 5.95 Å². The molecule has 0 saturated heterocycles. The summed E-state index contributed by atoms with van der Waals surface area (Å²) in [5, 5.41) is 5.04. The van der Waals surface area contributed by atoms with Crippen LogP contribution in [0.1, 0.15) is 23.0 Å². The molecule has 0 atom stereocenters. The lowest BCUT2D eigenvalue weighted by molar-refractivity contribution is -0.141. The lowest BCUT2D eigenvalue weighted by Crippen LogP contribution is -2.31. The number of amides is 1. The Kier molecular flexibility index (Phi) is 5.58. The van der Waals surface area contributed by atoms with Gasteiger partial charge in [-0.1, -0.05) is 17.7 Å². The van der Waals surface area contributed by atoms with E-state index in [2.05, 4.69) is 20.6 Å². The minimum Gasteiger partial charge on any atom is -0.345 e. The molecular formula is C15H12ClF3N4O2. The Balaban J connectivity index is 2.33. The molecule has 25 heavy (non-hydrogen) atoms. The van der Waals surface area contributed by atoms with Crippen molar-refractivity contribution in [3.63, 3.8) is 0 Å². The fourth-order valence-electron chi connectivity index (χ4n) is 1.82. The summed E-state index contributed by atoms with van der Waals surface area (Å²) in [6, 6.07) is 6.23. The molecule has 1 amide bonds. The van der Waals surface area contributed by atoms with E-state index >= 15 is 0 Å². The van der Waals surface area contributed by atoms with Gasteiger partial charge in [0, 0.05) is 16.9 Å². The predicted molar refractivity (Wildman–Crippen MR) is 84.8 cm³/mol. The van der Waals surface area contributed by atoms with Crippen LogP contribution in [-0.4, -0.2) is 28.2 Å². The Morgan fingerprint density at radius 3 is 2.60 bits per heavy atom. The maximum atomic E-state index is 13.2. The number of Topliss-reactive ketones (excluding diaryl/α,β-unsaturated/α-hetero) is 1. The van der Waals surface area contributed by atoms with Gasteiger partial charge in [-0.3, -0.25) is 9.59 Å². The molecule has 0 aliphatic heterocycles. The van der Waals surface area contributed by atoms with E-state index in [0.717, 1.165) is 6.20 Å². The molecule has 0 saturated carbocycles. The number of carbonyl (C=O) groups excluding carboxylic acids is 2. The van der Waals surface area contributed by atoms with Gasteiger partial charge in [-0.25, -0.2) is 9.97 Å². The number of carbonyl (C=O) groups is 2. The lowest BCUT2D eigenvalue weighted by Gasteiger charge is -2.13. The quantitative estimate of drug-likeness (QED) is 0.842. The highest BCUT2D eigenvalue weighted by Crippen LogP contribution is 2.31. The van der Waals surface area contributed by atoms with E-state index in [1.807, 2.05) is 0 Å². The van der Waals surface area contributed by atoms with E-state index in [9.17, 15) is 22.8 Å². The molecule has 2 N–H and O–H groups in total. The van der Waals surface area contributed by atoms with Crippen LogP contribution in [0.15, 0.2) is 30.5 Å². The Bertz CT molecular complexity index is 812. The van der Waals surface area contributed by atoms with Gasteiger partial charge in [0.1, 0.15) is 5.78 Å². The molecule has 0 unspecified atom stereocenters. The highest BCUT2D eigenvalue weighted by molar-refractivity contribution is 6.30. The van der Waals surface area contributed by atoms with Crippen LogP contribution in [0.25, 0.3) is 0 Å². The summed E-state index contributed by atoms with van der Waals surface area (Å²) in [5.41, 5.74) is -1.80. The number of halogens is 4. The largest absolute Gasteiger partial charge is 0.434 e.